The van der Waals surface area contributed by atoms with Crippen LogP contribution in [0.2, 0.25) is 0 Å². The summed E-state index contributed by atoms with van der Waals surface area (Å²) in [5.41, 5.74) is -8.65. The lowest BCUT2D eigenvalue weighted by Gasteiger charge is -2.36. The number of non-ortho nitro benzene ring substituents is 1. The summed E-state index contributed by atoms with van der Waals surface area (Å²) in [5.74, 6) is -3.59. The number of benzene rings is 3. The standard InChI is InChI=1S/C23H13F7N2O5/c24-16-8-4-13(5-9-16)19(33)31-17-10-6-15(7-11-17)21(22(25,26)27,23(28,29)30)37-20(34)14-2-1-3-18(12-14)32(35)36/h1-12H,(H,31,33). The van der Waals surface area contributed by atoms with Gasteiger partial charge in [-0.25, -0.2) is 9.18 Å². The molecule has 7 nitrogen and oxygen atoms in total. The molecule has 0 atom stereocenters. The van der Waals surface area contributed by atoms with Crippen molar-refractivity contribution in [1.29, 1.82) is 0 Å². The summed E-state index contributed by atoms with van der Waals surface area (Å²) in [6, 6.07) is 9.23. The fourth-order valence-corrected chi connectivity index (χ4v) is 3.20. The molecule has 0 saturated carbocycles. The number of ether oxygens (including phenoxy) is 1. The van der Waals surface area contributed by atoms with E-state index in [1.807, 2.05) is 0 Å². The van der Waals surface area contributed by atoms with Gasteiger partial charge in [-0.15, -0.1) is 0 Å². The van der Waals surface area contributed by atoms with Gasteiger partial charge < -0.3 is 10.1 Å². The number of carbonyl (C=O) groups is 2. The molecule has 0 heterocycles. The van der Waals surface area contributed by atoms with Crippen molar-refractivity contribution in [2.75, 3.05) is 5.32 Å². The van der Waals surface area contributed by atoms with Gasteiger partial charge in [-0.1, -0.05) is 18.2 Å². The van der Waals surface area contributed by atoms with Crippen LogP contribution in [-0.2, 0) is 10.3 Å². The highest BCUT2D eigenvalue weighted by Crippen LogP contribution is 2.53. The molecule has 0 unspecified atom stereocenters. The normalized spacial score (nSPS) is 12.1. The van der Waals surface area contributed by atoms with Crippen molar-refractivity contribution < 1.29 is 50.0 Å². The Hall–Kier alpha value is -4.49. The molecule has 0 fully saturated rings. The fourth-order valence-electron chi connectivity index (χ4n) is 3.20. The highest BCUT2D eigenvalue weighted by atomic mass is 19.4. The third-order valence-corrected chi connectivity index (χ3v) is 4.99. The first-order valence-electron chi connectivity index (χ1n) is 9.94. The first-order valence-corrected chi connectivity index (χ1v) is 9.94. The van der Waals surface area contributed by atoms with E-state index in [2.05, 4.69) is 10.1 Å². The Balaban J connectivity index is 1.99. The number of amides is 1. The number of hydrogen-bond acceptors (Lipinski definition) is 5. The molecule has 0 aliphatic carbocycles. The lowest BCUT2D eigenvalue weighted by Crippen LogP contribution is -2.56. The first-order chi connectivity index (χ1) is 17.2. The lowest BCUT2D eigenvalue weighted by atomic mass is 9.91. The number of hydrogen-bond donors (Lipinski definition) is 1. The Morgan fingerprint density at radius 1 is 0.811 bits per heavy atom. The summed E-state index contributed by atoms with van der Waals surface area (Å²) in [5, 5.41) is 13.1. The third-order valence-electron chi connectivity index (χ3n) is 4.99. The van der Waals surface area contributed by atoms with Gasteiger partial charge in [-0.05, 0) is 42.5 Å². The maximum atomic E-state index is 14.0. The predicted octanol–water partition coefficient (Wildman–Crippen LogP) is 6.16. The van der Waals surface area contributed by atoms with Gasteiger partial charge in [0.15, 0.2) is 0 Å². The lowest BCUT2D eigenvalue weighted by molar-refractivity contribution is -0.384. The van der Waals surface area contributed by atoms with Gasteiger partial charge in [0.25, 0.3) is 11.6 Å². The van der Waals surface area contributed by atoms with Gasteiger partial charge in [0.2, 0.25) is 0 Å². The third kappa shape index (κ3) is 5.52. The fraction of sp³-hybridized carbons (Fsp3) is 0.130. The molecule has 0 spiro atoms. The summed E-state index contributed by atoms with van der Waals surface area (Å²) in [7, 11) is 0. The first kappa shape index (κ1) is 27.1. The van der Waals surface area contributed by atoms with Crippen molar-refractivity contribution in [3.63, 3.8) is 0 Å². The number of halogens is 7. The van der Waals surface area contributed by atoms with Crippen molar-refractivity contribution in [3.05, 3.63) is 105 Å². The van der Waals surface area contributed by atoms with Crippen LogP contribution in [0.4, 0.5) is 42.1 Å². The molecule has 3 rings (SSSR count). The van der Waals surface area contributed by atoms with E-state index in [4.69, 9.17) is 0 Å². The van der Waals surface area contributed by atoms with Crippen LogP contribution in [0.1, 0.15) is 26.3 Å². The zero-order valence-corrected chi connectivity index (χ0v) is 18.1. The Labute approximate surface area is 202 Å². The Bertz CT molecular complexity index is 1310. The van der Waals surface area contributed by atoms with E-state index in [0.29, 0.717) is 30.3 Å². The van der Waals surface area contributed by atoms with Crippen LogP contribution in [0.15, 0.2) is 72.8 Å². The average molecular weight is 530 g/mol. The quantitative estimate of drug-likeness (QED) is 0.178. The van der Waals surface area contributed by atoms with Crippen LogP contribution in [0.3, 0.4) is 0 Å². The summed E-state index contributed by atoms with van der Waals surface area (Å²) in [4.78, 5) is 34.4. The second-order valence-electron chi connectivity index (χ2n) is 7.41. The molecule has 0 aliphatic rings. The average Bonchev–Trinajstić information content (AvgIpc) is 2.82. The highest BCUT2D eigenvalue weighted by Gasteiger charge is 2.75. The zero-order chi connectivity index (χ0) is 27.6. The van der Waals surface area contributed by atoms with Crippen LogP contribution in [0.25, 0.3) is 0 Å². The summed E-state index contributed by atoms with van der Waals surface area (Å²) >= 11 is 0. The maximum Gasteiger partial charge on any atom is 0.442 e. The predicted molar refractivity (Wildman–Crippen MR) is 113 cm³/mol. The number of nitro benzene ring substituents is 1. The molecule has 0 aromatic heterocycles. The van der Waals surface area contributed by atoms with E-state index in [1.54, 1.807) is 0 Å². The number of nitro groups is 1. The van der Waals surface area contributed by atoms with Gasteiger partial charge in [0, 0.05) is 28.9 Å². The highest BCUT2D eigenvalue weighted by molar-refractivity contribution is 6.04. The van der Waals surface area contributed by atoms with Crippen LogP contribution in [0, 0.1) is 15.9 Å². The van der Waals surface area contributed by atoms with Crippen LogP contribution < -0.4 is 5.32 Å². The topological polar surface area (TPSA) is 98.5 Å². The molecular weight excluding hydrogens is 517 g/mol. The van der Waals surface area contributed by atoms with Gasteiger partial charge in [-0.3, -0.25) is 14.9 Å². The van der Waals surface area contributed by atoms with Gasteiger partial charge >= 0.3 is 23.9 Å². The maximum absolute atomic E-state index is 14.0. The van der Waals surface area contributed by atoms with Gasteiger partial charge in [0.05, 0.1) is 10.5 Å². The van der Waals surface area contributed by atoms with Gasteiger partial charge in [-0.2, -0.15) is 26.3 Å². The molecule has 0 aliphatic heterocycles. The molecular formula is C23H13F7N2O5. The molecule has 3 aromatic rings. The summed E-state index contributed by atoms with van der Waals surface area (Å²) in [6.45, 7) is 0. The number of anilines is 1. The van der Waals surface area contributed by atoms with Crippen molar-refractivity contribution in [2.24, 2.45) is 0 Å². The second kappa shape index (κ2) is 9.87. The minimum Gasteiger partial charge on any atom is -0.431 e. The van der Waals surface area contributed by atoms with Crippen LogP contribution in [0.5, 0.6) is 0 Å². The zero-order valence-electron chi connectivity index (χ0n) is 18.1. The van der Waals surface area contributed by atoms with Crippen molar-refractivity contribution in [3.8, 4) is 0 Å². The monoisotopic (exact) mass is 530 g/mol. The number of nitrogens with zero attached hydrogens (tertiary/aromatic N) is 1. The Morgan fingerprint density at radius 2 is 1.38 bits per heavy atom. The van der Waals surface area contributed by atoms with E-state index in [9.17, 15) is 50.4 Å². The van der Waals surface area contributed by atoms with Crippen molar-refractivity contribution >= 4 is 23.3 Å². The molecule has 37 heavy (non-hydrogen) atoms. The van der Waals surface area contributed by atoms with E-state index in [0.717, 1.165) is 42.5 Å². The number of carbonyl (C=O) groups excluding carboxylic acids is 2. The van der Waals surface area contributed by atoms with E-state index in [1.165, 1.54) is 0 Å². The minimum atomic E-state index is -6.22. The van der Waals surface area contributed by atoms with Crippen molar-refractivity contribution in [1.82, 2.24) is 0 Å². The molecule has 1 amide bonds. The molecule has 0 saturated heterocycles. The number of esters is 1. The van der Waals surface area contributed by atoms with E-state index < -0.39 is 57.4 Å². The van der Waals surface area contributed by atoms with E-state index in [-0.39, 0.29) is 11.3 Å². The largest absolute Gasteiger partial charge is 0.442 e. The molecule has 3 aromatic carbocycles. The van der Waals surface area contributed by atoms with E-state index >= 15 is 0 Å². The summed E-state index contributed by atoms with van der Waals surface area (Å²) in [6.07, 6.45) is -12.4. The Kier molecular flexibility index (Phi) is 7.23. The summed E-state index contributed by atoms with van der Waals surface area (Å²) < 4.78 is 101. The number of alkyl halides is 6. The smallest absolute Gasteiger partial charge is 0.431 e. The van der Waals surface area contributed by atoms with Crippen molar-refractivity contribution in [2.45, 2.75) is 18.0 Å². The molecule has 0 bridgehead atoms. The molecule has 194 valence electrons. The Morgan fingerprint density at radius 3 is 1.89 bits per heavy atom. The van der Waals surface area contributed by atoms with Crippen LogP contribution in [-0.4, -0.2) is 29.2 Å². The number of nitrogens with one attached hydrogen (secondary N) is 1. The molecule has 1 N–H and O–H groups in total. The SMILES string of the molecule is O=C(Nc1ccc(C(OC(=O)c2cccc([N+](=O)[O-])c2)(C(F)(F)F)C(F)(F)F)cc1)c1ccc(F)cc1. The second-order valence-corrected chi connectivity index (χ2v) is 7.41. The minimum absolute atomic E-state index is 0.0451. The molecule has 0 radical (unpaired) electrons. The number of rotatable bonds is 6. The van der Waals surface area contributed by atoms with Crippen LogP contribution >= 0.6 is 0 Å². The molecule has 14 heteroatoms. The van der Waals surface area contributed by atoms with Gasteiger partial charge in [0.1, 0.15) is 5.82 Å².